The van der Waals surface area contributed by atoms with E-state index < -0.39 is 0 Å². The SMILES string of the molecule is c1ncc(Nc2ccnc3[nH]ncc23)cn1. The van der Waals surface area contributed by atoms with Crippen molar-refractivity contribution >= 4 is 22.4 Å². The van der Waals surface area contributed by atoms with Crippen molar-refractivity contribution < 1.29 is 0 Å². The maximum atomic E-state index is 4.15. The number of pyridine rings is 1. The molecule has 16 heavy (non-hydrogen) atoms. The lowest BCUT2D eigenvalue weighted by Gasteiger charge is -2.05. The van der Waals surface area contributed by atoms with Gasteiger partial charge in [0.25, 0.3) is 0 Å². The molecule has 3 aromatic heterocycles. The Balaban J connectivity index is 2.04. The highest BCUT2D eigenvalue weighted by atomic mass is 15.1. The number of aromatic nitrogens is 5. The zero-order valence-corrected chi connectivity index (χ0v) is 8.25. The first-order valence-electron chi connectivity index (χ1n) is 4.73. The number of fused-ring (bicyclic) bond motifs is 1. The lowest BCUT2D eigenvalue weighted by atomic mass is 10.3. The Bertz CT molecular complexity index is 603. The van der Waals surface area contributed by atoms with Gasteiger partial charge >= 0.3 is 0 Å². The summed E-state index contributed by atoms with van der Waals surface area (Å²) < 4.78 is 0. The average molecular weight is 212 g/mol. The average Bonchev–Trinajstić information content (AvgIpc) is 2.80. The first kappa shape index (κ1) is 8.78. The second kappa shape index (κ2) is 3.58. The first-order valence-corrected chi connectivity index (χ1v) is 4.73. The molecule has 3 rings (SSSR count). The molecule has 2 N–H and O–H groups in total. The number of nitrogens with zero attached hydrogens (tertiary/aromatic N) is 4. The molecule has 78 valence electrons. The van der Waals surface area contributed by atoms with E-state index in [1.165, 1.54) is 6.33 Å². The van der Waals surface area contributed by atoms with E-state index in [1.54, 1.807) is 24.8 Å². The van der Waals surface area contributed by atoms with Crippen molar-refractivity contribution in [3.05, 3.63) is 37.2 Å². The Kier molecular flexibility index (Phi) is 1.96. The van der Waals surface area contributed by atoms with Gasteiger partial charge in [-0.1, -0.05) is 0 Å². The van der Waals surface area contributed by atoms with E-state index in [9.17, 15) is 0 Å². The Labute approximate surface area is 90.8 Å². The normalized spacial score (nSPS) is 10.5. The molecule has 0 unspecified atom stereocenters. The highest BCUT2D eigenvalue weighted by Gasteiger charge is 2.03. The minimum absolute atomic E-state index is 0.752. The zero-order valence-electron chi connectivity index (χ0n) is 8.25. The van der Waals surface area contributed by atoms with Gasteiger partial charge < -0.3 is 5.32 Å². The van der Waals surface area contributed by atoms with Crippen molar-refractivity contribution in [1.82, 2.24) is 25.1 Å². The predicted octanol–water partition coefficient (Wildman–Crippen LogP) is 1.49. The van der Waals surface area contributed by atoms with Crippen LogP contribution in [0.1, 0.15) is 0 Å². The molecule has 0 bridgehead atoms. The van der Waals surface area contributed by atoms with Crippen LogP contribution in [0.15, 0.2) is 37.2 Å². The largest absolute Gasteiger partial charge is 0.352 e. The molecule has 0 saturated heterocycles. The third kappa shape index (κ3) is 1.46. The van der Waals surface area contributed by atoms with Crippen molar-refractivity contribution in [1.29, 1.82) is 0 Å². The molecular weight excluding hydrogens is 204 g/mol. The minimum Gasteiger partial charge on any atom is -0.352 e. The molecule has 0 aliphatic heterocycles. The fraction of sp³-hybridized carbons (Fsp3) is 0. The van der Waals surface area contributed by atoms with Crippen molar-refractivity contribution in [3.8, 4) is 0 Å². The van der Waals surface area contributed by atoms with E-state index in [0.29, 0.717) is 0 Å². The van der Waals surface area contributed by atoms with Crippen LogP contribution in [0.3, 0.4) is 0 Å². The van der Waals surface area contributed by atoms with Crippen LogP contribution >= 0.6 is 0 Å². The molecule has 0 amide bonds. The summed E-state index contributed by atoms with van der Waals surface area (Å²) in [5, 5.41) is 10.9. The number of rotatable bonds is 2. The van der Waals surface area contributed by atoms with Gasteiger partial charge in [-0.2, -0.15) is 5.10 Å². The lowest BCUT2D eigenvalue weighted by molar-refractivity contribution is 1.10. The summed E-state index contributed by atoms with van der Waals surface area (Å²) in [6.45, 7) is 0. The number of hydrogen-bond acceptors (Lipinski definition) is 5. The number of nitrogens with one attached hydrogen (secondary N) is 2. The zero-order chi connectivity index (χ0) is 10.8. The summed E-state index contributed by atoms with van der Waals surface area (Å²) in [7, 11) is 0. The van der Waals surface area contributed by atoms with Crippen LogP contribution < -0.4 is 5.32 Å². The van der Waals surface area contributed by atoms with Gasteiger partial charge in [0.1, 0.15) is 6.33 Å². The van der Waals surface area contributed by atoms with Gasteiger partial charge in [0.05, 0.1) is 35.4 Å². The van der Waals surface area contributed by atoms with Crippen LogP contribution in [-0.4, -0.2) is 25.1 Å². The maximum Gasteiger partial charge on any atom is 0.157 e. The second-order valence-electron chi connectivity index (χ2n) is 3.24. The Morgan fingerprint density at radius 3 is 2.88 bits per heavy atom. The van der Waals surface area contributed by atoms with Crippen LogP contribution in [0.5, 0.6) is 0 Å². The quantitative estimate of drug-likeness (QED) is 0.672. The molecule has 0 radical (unpaired) electrons. The van der Waals surface area contributed by atoms with Crippen molar-refractivity contribution in [2.75, 3.05) is 5.32 Å². The standard InChI is InChI=1S/C10H8N6/c1-2-13-10-8(5-14-16-10)9(1)15-7-3-11-6-12-4-7/h1-6H,(H2,13,14,15,16). The monoisotopic (exact) mass is 212 g/mol. The van der Waals surface area contributed by atoms with E-state index in [1.807, 2.05) is 6.07 Å². The smallest absolute Gasteiger partial charge is 0.157 e. The summed E-state index contributed by atoms with van der Waals surface area (Å²) in [6, 6.07) is 1.88. The Morgan fingerprint density at radius 1 is 1.12 bits per heavy atom. The molecule has 0 aliphatic rings. The Hall–Kier alpha value is -2.50. The van der Waals surface area contributed by atoms with Gasteiger partial charge in [0.15, 0.2) is 5.65 Å². The van der Waals surface area contributed by atoms with Crippen LogP contribution in [0.25, 0.3) is 11.0 Å². The molecular formula is C10H8N6. The molecule has 0 atom stereocenters. The third-order valence-electron chi connectivity index (χ3n) is 2.19. The van der Waals surface area contributed by atoms with Crippen LogP contribution in [0.2, 0.25) is 0 Å². The number of aromatic amines is 1. The van der Waals surface area contributed by atoms with Gasteiger partial charge in [0, 0.05) is 6.20 Å². The van der Waals surface area contributed by atoms with E-state index in [2.05, 4.69) is 30.5 Å². The summed E-state index contributed by atoms with van der Waals surface area (Å²) in [4.78, 5) is 12.0. The highest BCUT2D eigenvalue weighted by Crippen LogP contribution is 2.22. The first-order chi connectivity index (χ1) is 7.93. The number of hydrogen-bond donors (Lipinski definition) is 2. The topological polar surface area (TPSA) is 79.4 Å². The van der Waals surface area contributed by atoms with E-state index >= 15 is 0 Å². The van der Waals surface area contributed by atoms with Crippen molar-refractivity contribution in [2.45, 2.75) is 0 Å². The van der Waals surface area contributed by atoms with Gasteiger partial charge in [-0.05, 0) is 6.07 Å². The highest BCUT2D eigenvalue weighted by molar-refractivity contribution is 5.89. The molecule has 0 aliphatic carbocycles. The van der Waals surface area contributed by atoms with Crippen LogP contribution in [-0.2, 0) is 0 Å². The minimum atomic E-state index is 0.752. The summed E-state index contributed by atoms with van der Waals surface area (Å²) in [5.74, 6) is 0. The fourth-order valence-electron chi connectivity index (χ4n) is 1.48. The summed E-state index contributed by atoms with van der Waals surface area (Å²) in [6.07, 6.45) is 8.35. The molecule has 0 saturated carbocycles. The van der Waals surface area contributed by atoms with E-state index in [0.717, 1.165) is 22.4 Å². The molecule has 3 heterocycles. The molecule has 0 aromatic carbocycles. The van der Waals surface area contributed by atoms with Gasteiger partial charge in [-0.3, -0.25) is 5.10 Å². The number of anilines is 2. The number of H-pyrrole nitrogens is 1. The van der Waals surface area contributed by atoms with E-state index in [4.69, 9.17) is 0 Å². The molecule has 0 fully saturated rings. The predicted molar refractivity (Wildman–Crippen MR) is 59.2 cm³/mol. The summed E-state index contributed by atoms with van der Waals surface area (Å²) >= 11 is 0. The van der Waals surface area contributed by atoms with Gasteiger partial charge in [-0.25, -0.2) is 15.0 Å². The summed E-state index contributed by atoms with van der Waals surface area (Å²) in [5.41, 5.74) is 2.51. The van der Waals surface area contributed by atoms with Gasteiger partial charge in [-0.15, -0.1) is 0 Å². The second-order valence-corrected chi connectivity index (χ2v) is 3.24. The van der Waals surface area contributed by atoms with Crippen molar-refractivity contribution in [3.63, 3.8) is 0 Å². The molecule has 3 aromatic rings. The molecule has 0 spiro atoms. The maximum absolute atomic E-state index is 4.15. The van der Waals surface area contributed by atoms with Crippen molar-refractivity contribution in [2.24, 2.45) is 0 Å². The van der Waals surface area contributed by atoms with Crippen LogP contribution in [0.4, 0.5) is 11.4 Å². The van der Waals surface area contributed by atoms with E-state index in [-0.39, 0.29) is 0 Å². The van der Waals surface area contributed by atoms with Gasteiger partial charge in [0.2, 0.25) is 0 Å². The fourth-order valence-corrected chi connectivity index (χ4v) is 1.48. The Morgan fingerprint density at radius 2 is 2.00 bits per heavy atom. The molecule has 6 nitrogen and oxygen atoms in total. The molecule has 6 heteroatoms. The third-order valence-corrected chi connectivity index (χ3v) is 2.19. The van der Waals surface area contributed by atoms with Crippen LogP contribution in [0, 0.1) is 0 Å². The lowest BCUT2D eigenvalue weighted by Crippen LogP contribution is -1.92.